The zero-order valence-electron chi connectivity index (χ0n) is 44.4. The Labute approximate surface area is 480 Å². The lowest BCUT2D eigenvalue weighted by molar-refractivity contribution is -0.144. The predicted octanol–water partition coefficient (Wildman–Crippen LogP) is -0.498. The van der Waals surface area contributed by atoms with Crippen molar-refractivity contribution >= 4 is 94.5 Å². The third-order valence-corrected chi connectivity index (χ3v) is 21.7. The summed E-state index contributed by atoms with van der Waals surface area (Å²) in [6.07, 6.45) is 1.14. The normalized spacial score (nSPS) is 14.2. The average molecular weight is 1250 g/mol. The number of benzene rings is 3. The Morgan fingerprint density at radius 3 is 1.41 bits per heavy atom. The number of thioether (sulfide) groups is 3. The quantitative estimate of drug-likeness (QED) is 0.0387. The number of aliphatic carboxylic acids is 2. The van der Waals surface area contributed by atoms with Crippen LogP contribution >= 0.6 is 35.3 Å². The highest BCUT2D eigenvalue weighted by atomic mass is 32.2. The fraction of sp³-hybridized carbons (Fsp3) is 0.383. The summed E-state index contributed by atoms with van der Waals surface area (Å²) < 4.78 is 95.5. The van der Waals surface area contributed by atoms with Crippen LogP contribution in [0, 0.1) is 0 Å². The molecule has 3 aromatic heterocycles. The zero-order valence-corrected chi connectivity index (χ0v) is 49.3. The van der Waals surface area contributed by atoms with Gasteiger partial charge >= 0.3 is 35.0 Å². The third kappa shape index (κ3) is 15.4. The molecule has 3 aromatic carbocycles. The molecule has 0 aliphatic carbocycles. The van der Waals surface area contributed by atoms with Crippen molar-refractivity contribution in [2.75, 3.05) is 41.6 Å². The molecule has 35 heteroatoms. The number of rotatable bonds is 28. The minimum atomic E-state index is -4.62. The van der Waals surface area contributed by atoms with E-state index < -0.39 is 138 Å². The highest BCUT2D eigenvalue weighted by Gasteiger charge is 2.34. The van der Waals surface area contributed by atoms with Crippen molar-refractivity contribution in [2.45, 2.75) is 62.8 Å². The van der Waals surface area contributed by atoms with E-state index in [0.717, 1.165) is 90.7 Å². The third-order valence-electron chi connectivity index (χ3n) is 12.0. The van der Waals surface area contributed by atoms with Gasteiger partial charge in [0.25, 0.3) is 0 Å². The van der Waals surface area contributed by atoms with Crippen molar-refractivity contribution in [3.05, 3.63) is 117 Å². The maximum absolute atomic E-state index is 14.7. The zero-order chi connectivity index (χ0) is 60.6. The van der Waals surface area contributed by atoms with Crippen LogP contribution in [0.1, 0.15) is 30.0 Å². The molecule has 0 radical (unpaired) electrons. The summed E-state index contributed by atoms with van der Waals surface area (Å²) in [7, 11) is -8.17. The van der Waals surface area contributed by atoms with Crippen LogP contribution < -0.4 is 33.4 Å². The van der Waals surface area contributed by atoms with Gasteiger partial charge in [0.2, 0.25) is 11.8 Å². The number of esters is 1. The summed E-state index contributed by atoms with van der Waals surface area (Å²) in [5.41, 5.74) is 3.21. The van der Waals surface area contributed by atoms with Gasteiger partial charge in [0.1, 0.15) is 40.6 Å². The number of sulfone groups is 3. The summed E-state index contributed by atoms with van der Waals surface area (Å²) in [5, 5.41) is 32.7. The van der Waals surface area contributed by atoms with Gasteiger partial charge in [-0.3, -0.25) is 28.1 Å². The Bertz CT molecular complexity index is 3910. The van der Waals surface area contributed by atoms with Gasteiger partial charge in [-0.2, -0.15) is 19.1 Å². The first-order valence-electron chi connectivity index (χ1n) is 24.0. The first-order valence-corrected chi connectivity index (χ1v) is 32.1. The molecule has 0 saturated carbocycles. The van der Waals surface area contributed by atoms with E-state index in [-0.39, 0.29) is 44.1 Å². The van der Waals surface area contributed by atoms with Gasteiger partial charge in [-0.1, -0.05) is 42.5 Å². The number of nitrogens with two attached hydrogens (primary N) is 1. The van der Waals surface area contributed by atoms with Gasteiger partial charge in [-0.05, 0) is 36.4 Å². The standard InChI is InChI=1S/C47H56N12O17S6/c1-27(60)50-35(43(64)65)21-78-39(59-47(69)56(5)41(53-59)29-12-10-16-32(18-29)81(72,73)23-37(77-20-34(48)42(62)63)57-45(67)54(3)26-49-57)25-82(74,75)33-17-11-13-30(19-33)40-52-58(46(68)55(40)4)38(24-80(70,71)31-14-8-7-9-15-31)79-22-36(44(66)76-6)51-28(2)61/h7-19,26,34-39H,20-25,48H2,1-6H3,(H,50,60)(H,51,61)(H,62,63)(H,64,65)/t34-,35-,36-,37?,38?,39?/m0/s1. The molecule has 6 rings (SSSR count). The first kappa shape index (κ1) is 63.9. The van der Waals surface area contributed by atoms with Crippen LogP contribution in [0.4, 0.5) is 0 Å². The van der Waals surface area contributed by atoms with Gasteiger partial charge in [0.05, 0.1) is 39.1 Å². The number of carboxylic acid groups (broad SMARTS) is 2. The van der Waals surface area contributed by atoms with Crippen LogP contribution in [0.3, 0.4) is 0 Å². The summed E-state index contributed by atoms with van der Waals surface area (Å²) >= 11 is 2.18. The molecule has 2 amide bonds. The fourth-order valence-corrected chi connectivity index (χ4v) is 17.1. The molecule has 3 heterocycles. The van der Waals surface area contributed by atoms with Crippen molar-refractivity contribution in [3.8, 4) is 22.8 Å². The van der Waals surface area contributed by atoms with E-state index in [1.54, 1.807) is 6.07 Å². The number of ether oxygens (including phenoxy) is 1. The molecule has 82 heavy (non-hydrogen) atoms. The molecule has 442 valence electrons. The lowest BCUT2D eigenvalue weighted by Crippen LogP contribution is -2.43. The minimum absolute atomic E-state index is 0.0202. The van der Waals surface area contributed by atoms with Crippen LogP contribution in [0.15, 0.2) is 114 Å². The summed E-state index contributed by atoms with van der Waals surface area (Å²) in [6, 6.07) is 13.2. The van der Waals surface area contributed by atoms with Crippen molar-refractivity contribution in [2.24, 2.45) is 26.9 Å². The SMILES string of the molecule is COC(=O)[C@H](CSC(CS(=O)(=O)c1ccccc1)n1nc(-c2cccc(S(=O)(=O)CC(SC[C@H](NC(C)=O)C(=O)O)n3nc(-c4cccc(S(=O)(=O)CC(SC[C@H](N)C(=O)O)n5ncn(C)c5=O)c4)n(C)c3=O)c2)n(C)c1=O)NC(C)=O. The van der Waals surface area contributed by atoms with E-state index in [1.165, 1.54) is 81.8 Å². The maximum atomic E-state index is 14.7. The summed E-state index contributed by atoms with van der Waals surface area (Å²) in [5.74, 6) is -9.02. The number of carbonyl (C=O) groups excluding carboxylic acids is 3. The van der Waals surface area contributed by atoms with Crippen LogP contribution in [-0.4, -0.2) is 168 Å². The molecular formula is C47H56N12O17S6. The summed E-state index contributed by atoms with van der Waals surface area (Å²) in [4.78, 5) is 101. The van der Waals surface area contributed by atoms with Crippen molar-refractivity contribution in [1.29, 1.82) is 0 Å². The largest absolute Gasteiger partial charge is 0.480 e. The molecule has 0 bridgehead atoms. The van der Waals surface area contributed by atoms with Gasteiger partial charge < -0.3 is 31.3 Å². The lowest BCUT2D eigenvalue weighted by Gasteiger charge is -2.20. The van der Waals surface area contributed by atoms with Crippen molar-refractivity contribution in [1.82, 2.24) is 53.7 Å². The monoisotopic (exact) mass is 1250 g/mol. The molecule has 0 saturated heterocycles. The highest BCUT2D eigenvalue weighted by Crippen LogP contribution is 2.33. The molecule has 6 aromatic rings. The summed E-state index contributed by atoms with van der Waals surface area (Å²) in [6.45, 7) is 2.21. The Morgan fingerprint density at radius 2 is 1.00 bits per heavy atom. The van der Waals surface area contributed by atoms with Crippen LogP contribution in [0.25, 0.3) is 22.8 Å². The molecule has 29 nitrogen and oxygen atoms in total. The molecular weight excluding hydrogens is 1200 g/mol. The molecule has 6 atom stereocenters. The molecule has 6 N–H and O–H groups in total. The van der Waals surface area contributed by atoms with Gasteiger partial charge in [0.15, 0.2) is 41.2 Å². The van der Waals surface area contributed by atoms with E-state index in [0.29, 0.717) is 11.8 Å². The number of nitrogens with one attached hydrogen (secondary N) is 2. The number of amides is 2. The maximum Gasteiger partial charge on any atom is 0.347 e. The molecule has 0 fully saturated rings. The first-order chi connectivity index (χ1) is 38.5. The van der Waals surface area contributed by atoms with Crippen LogP contribution in [0.2, 0.25) is 0 Å². The second-order valence-corrected chi connectivity index (χ2v) is 27.8. The van der Waals surface area contributed by atoms with E-state index in [9.17, 15) is 73.8 Å². The van der Waals surface area contributed by atoms with Crippen molar-refractivity contribution < 1.29 is 64.2 Å². The minimum Gasteiger partial charge on any atom is -0.480 e. The van der Waals surface area contributed by atoms with Gasteiger partial charge in [-0.15, -0.1) is 45.5 Å². The van der Waals surface area contributed by atoms with Gasteiger partial charge in [-0.25, -0.2) is 49.2 Å². The highest BCUT2D eigenvalue weighted by molar-refractivity contribution is 8.01. The van der Waals surface area contributed by atoms with E-state index in [4.69, 9.17) is 10.5 Å². The fourth-order valence-electron chi connectivity index (χ4n) is 7.76. The second kappa shape index (κ2) is 26.7. The smallest absolute Gasteiger partial charge is 0.347 e. The lowest BCUT2D eigenvalue weighted by atomic mass is 10.2. The molecule has 3 unspecified atom stereocenters. The number of nitrogens with zero attached hydrogens (tertiary/aromatic N) is 9. The number of carboxylic acids is 2. The number of aromatic nitrogens is 9. The van der Waals surface area contributed by atoms with Gasteiger partial charge in [0, 0.05) is 63.4 Å². The molecule has 0 spiro atoms. The van der Waals surface area contributed by atoms with E-state index in [2.05, 4.69) is 25.9 Å². The Kier molecular flexibility index (Phi) is 20.8. The topological polar surface area (TPSA) is 407 Å². The Balaban J connectivity index is 1.37. The Morgan fingerprint density at radius 1 is 0.585 bits per heavy atom. The van der Waals surface area contributed by atoms with Crippen LogP contribution in [-0.2, 0) is 79.4 Å². The number of methoxy groups -OCH3 is 1. The van der Waals surface area contributed by atoms with E-state index >= 15 is 0 Å². The molecule has 0 aliphatic rings. The molecule has 0 aliphatic heterocycles. The average Bonchev–Trinajstić information content (AvgIpc) is 3.23. The predicted molar refractivity (Wildman–Crippen MR) is 301 cm³/mol. The number of hydrogen-bond donors (Lipinski definition) is 5. The number of hydrogen-bond acceptors (Lipinski definition) is 22. The number of carbonyl (C=O) groups is 5. The van der Waals surface area contributed by atoms with Crippen LogP contribution in [0.5, 0.6) is 0 Å². The number of aryl methyl sites for hydroxylation is 1. The Hall–Kier alpha value is -7.31. The second-order valence-electron chi connectivity index (χ2n) is 18.1. The van der Waals surface area contributed by atoms with E-state index in [1.807, 2.05) is 0 Å². The van der Waals surface area contributed by atoms with Crippen molar-refractivity contribution in [3.63, 3.8) is 0 Å².